The van der Waals surface area contributed by atoms with E-state index in [0.29, 0.717) is 22.6 Å². The van der Waals surface area contributed by atoms with Crippen LogP contribution in [0.3, 0.4) is 0 Å². The van der Waals surface area contributed by atoms with Crippen molar-refractivity contribution in [3.8, 4) is 5.75 Å². The molecule has 33 heavy (non-hydrogen) atoms. The molecule has 0 N–H and O–H groups in total. The average molecular weight is 471 g/mol. The van der Waals surface area contributed by atoms with Crippen LogP contribution in [0.2, 0.25) is 0 Å². The van der Waals surface area contributed by atoms with Crippen molar-refractivity contribution in [2.45, 2.75) is 6.04 Å². The number of hydrogen-bond acceptors (Lipinski definition) is 8. The summed E-state index contributed by atoms with van der Waals surface area (Å²) in [6.45, 7) is 0. The minimum absolute atomic E-state index is 0.00759. The van der Waals surface area contributed by atoms with Gasteiger partial charge in [0.25, 0.3) is 0 Å². The molecule has 0 fully saturated rings. The molecule has 4 rings (SSSR count). The largest absolute Gasteiger partial charge is 0.494 e. The van der Waals surface area contributed by atoms with E-state index in [-0.39, 0.29) is 11.6 Å². The average Bonchev–Trinajstić information content (AvgIpc) is 2.75. The predicted molar refractivity (Wildman–Crippen MR) is 114 cm³/mol. The first-order valence-corrected chi connectivity index (χ1v) is 11.3. The van der Waals surface area contributed by atoms with Gasteiger partial charge in [-0.05, 0) is 48.2 Å². The fourth-order valence-electron chi connectivity index (χ4n) is 3.83. The third-order valence-electron chi connectivity index (χ3n) is 5.47. The van der Waals surface area contributed by atoms with Gasteiger partial charge in [-0.2, -0.15) is 14.0 Å². The number of fused-ring (bicyclic) bond motifs is 2. The van der Waals surface area contributed by atoms with E-state index in [1.54, 1.807) is 18.2 Å². The van der Waals surface area contributed by atoms with Crippen LogP contribution in [0, 0.1) is 10.2 Å². The molecule has 172 valence electrons. The van der Waals surface area contributed by atoms with Crippen molar-refractivity contribution in [1.29, 1.82) is 0 Å². The molecule has 0 radical (unpaired) electrons. The van der Waals surface area contributed by atoms with Crippen LogP contribution in [0.5, 0.6) is 5.75 Å². The molecule has 2 aliphatic rings. The predicted octanol–water partition coefficient (Wildman–Crippen LogP) is 0.385. The van der Waals surface area contributed by atoms with Crippen LogP contribution in [0.1, 0.15) is 21.5 Å². The van der Waals surface area contributed by atoms with Gasteiger partial charge in [0.2, 0.25) is 0 Å². The lowest BCUT2D eigenvalue weighted by Gasteiger charge is -2.31. The number of nitrogens with zero attached hydrogens (tertiary/aromatic N) is 2. The second kappa shape index (κ2) is 8.66. The highest BCUT2D eigenvalue weighted by atomic mass is 35.7. The summed E-state index contributed by atoms with van der Waals surface area (Å²) in [6, 6.07) is 12.1. The van der Waals surface area contributed by atoms with Crippen molar-refractivity contribution >= 4 is 17.2 Å². The molecular formula is C24H23ClN2O6. The Bertz CT molecular complexity index is 1190. The minimum Gasteiger partial charge on any atom is -0.456 e. The number of halogens is 1. The Hall–Kier alpha value is -3.14. The first-order chi connectivity index (χ1) is 15.5. The Morgan fingerprint density at radius 2 is 1.76 bits per heavy atom. The Morgan fingerprint density at radius 3 is 2.42 bits per heavy atom. The van der Waals surface area contributed by atoms with Crippen molar-refractivity contribution in [2.75, 3.05) is 33.1 Å². The van der Waals surface area contributed by atoms with E-state index in [1.807, 2.05) is 74.4 Å². The molecule has 0 saturated carbocycles. The van der Waals surface area contributed by atoms with Gasteiger partial charge in [-0.3, -0.25) is 4.90 Å². The third kappa shape index (κ3) is 4.66. The van der Waals surface area contributed by atoms with Gasteiger partial charge < -0.3 is 9.64 Å². The maximum absolute atomic E-state index is 12.6. The maximum Gasteiger partial charge on any atom is 0.494 e. The number of benzene rings is 2. The van der Waals surface area contributed by atoms with Gasteiger partial charge in [0.05, 0.1) is 5.56 Å². The molecule has 1 aliphatic carbocycles. The number of allylic oxidation sites excluding steroid dienone is 1. The second-order valence-corrected chi connectivity index (χ2v) is 9.01. The number of carbonyl (C=O) groups excluding carboxylic acids is 1. The smallest absolute Gasteiger partial charge is 0.456 e. The fraction of sp³-hybridized carbons (Fsp3) is 0.208. The normalized spacial score (nSPS) is 17.2. The zero-order valence-corrected chi connectivity index (χ0v) is 19.3. The van der Waals surface area contributed by atoms with Gasteiger partial charge in [0.1, 0.15) is 21.8 Å². The van der Waals surface area contributed by atoms with Gasteiger partial charge in [-0.15, -0.1) is 0 Å². The zero-order valence-electron chi connectivity index (χ0n) is 18.6. The molecule has 1 heterocycles. The van der Waals surface area contributed by atoms with E-state index in [0.717, 1.165) is 16.8 Å². The van der Waals surface area contributed by atoms with E-state index in [2.05, 4.69) is 4.29 Å². The summed E-state index contributed by atoms with van der Waals surface area (Å²) in [6.07, 6.45) is 5.90. The highest BCUT2D eigenvalue weighted by Crippen LogP contribution is 2.45. The van der Waals surface area contributed by atoms with Crippen molar-refractivity contribution in [3.63, 3.8) is 0 Å². The molecule has 2 aromatic rings. The molecule has 1 atom stereocenters. The summed E-state index contributed by atoms with van der Waals surface area (Å²) in [5, 5.41) is 0. The van der Waals surface area contributed by atoms with Crippen LogP contribution in [-0.2, 0) is 4.29 Å². The molecule has 0 aromatic heterocycles. The molecular weight excluding hydrogens is 448 g/mol. The van der Waals surface area contributed by atoms with Gasteiger partial charge in [-0.25, -0.2) is 4.79 Å². The van der Waals surface area contributed by atoms with Crippen molar-refractivity contribution in [3.05, 3.63) is 88.7 Å². The SMILES string of the molecule is CN(C)c1ccc2c(c1)OC1=CC(N(C)C)C=CC1=C2c1ccccc1C(=O)O[Cl+3]([O-])([O-])[O-]. The lowest BCUT2D eigenvalue weighted by molar-refractivity contribution is -1.92. The molecule has 0 saturated heterocycles. The zero-order chi connectivity index (χ0) is 23.9. The van der Waals surface area contributed by atoms with Crippen LogP contribution in [0.25, 0.3) is 5.57 Å². The lowest BCUT2D eigenvalue weighted by atomic mass is 9.85. The number of likely N-dealkylation sites (N-methyl/N-ethyl adjacent to an activating group) is 1. The number of ether oxygens (including phenoxy) is 1. The first kappa shape index (κ1) is 23.0. The maximum atomic E-state index is 12.6. The van der Waals surface area contributed by atoms with E-state index in [1.165, 1.54) is 6.07 Å². The highest BCUT2D eigenvalue weighted by molar-refractivity contribution is 6.01. The Kier molecular flexibility index (Phi) is 6.04. The van der Waals surface area contributed by atoms with Crippen LogP contribution in [0.15, 0.2) is 72.0 Å². The molecule has 2 aromatic carbocycles. The molecule has 0 bridgehead atoms. The topological polar surface area (TPSA) is 111 Å². The summed E-state index contributed by atoms with van der Waals surface area (Å²) in [5.74, 6) is -0.0334. The monoisotopic (exact) mass is 470 g/mol. The Balaban J connectivity index is 1.94. The van der Waals surface area contributed by atoms with Crippen LogP contribution >= 0.6 is 0 Å². The van der Waals surface area contributed by atoms with E-state index in [9.17, 15) is 18.8 Å². The fourth-order valence-corrected chi connectivity index (χ4v) is 4.09. The van der Waals surface area contributed by atoms with Crippen LogP contribution in [-0.4, -0.2) is 45.1 Å². The molecule has 8 nitrogen and oxygen atoms in total. The van der Waals surface area contributed by atoms with E-state index in [4.69, 9.17) is 4.74 Å². The molecule has 0 spiro atoms. The van der Waals surface area contributed by atoms with Crippen molar-refractivity contribution < 1.29 is 38.0 Å². The van der Waals surface area contributed by atoms with Crippen LogP contribution in [0.4, 0.5) is 5.69 Å². The number of rotatable bonds is 5. The summed E-state index contributed by atoms with van der Waals surface area (Å²) in [5.41, 5.74) is 3.45. The number of anilines is 1. The quantitative estimate of drug-likeness (QED) is 0.617. The van der Waals surface area contributed by atoms with Crippen molar-refractivity contribution in [2.24, 2.45) is 0 Å². The minimum atomic E-state index is -4.92. The lowest BCUT2D eigenvalue weighted by Crippen LogP contribution is -2.61. The molecule has 1 aliphatic heterocycles. The van der Waals surface area contributed by atoms with E-state index < -0.39 is 16.2 Å². The number of hydrogen-bond donors (Lipinski definition) is 0. The summed E-state index contributed by atoms with van der Waals surface area (Å²) in [7, 11) is 2.84. The summed E-state index contributed by atoms with van der Waals surface area (Å²) >= 11 is 0. The van der Waals surface area contributed by atoms with Crippen LogP contribution < -0.4 is 23.6 Å². The van der Waals surface area contributed by atoms with Gasteiger partial charge in [0, 0.05) is 48.6 Å². The molecule has 1 unspecified atom stereocenters. The Morgan fingerprint density at radius 1 is 1.03 bits per heavy atom. The van der Waals surface area contributed by atoms with Gasteiger partial charge in [-0.1, -0.05) is 30.4 Å². The summed E-state index contributed by atoms with van der Waals surface area (Å²) in [4.78, 5) is 16.5. The third-order valence-corrected chi connectivity index (χ3v) is 5.79. The number of carbonyl (C=O) groups is 1. The molecule has 0 amide bonds. The standard InChI is InChI=1S/C24H23ClN2O6/c1-26(2)15-9-11-19-21(13-15)32-22-14-16(27(3)4)10-12-20(22)23(19)17-7-5-6-8-18(17)24(28)33-25(29,30)31/h5-15H,1-4H3. The summed E-state index contributed by atoms with van der Waals surface area (Å²) < 4.78 is 43.5. The Labute approximate surface area is 194 Å². The second-order valence-electron chi connectivity index (χ2n) is 8.10. The first-order valence-electron chi connectivity index (χ1n) is 10.1. The highest BCUT2D eigenvalue weighted by Gasteiger charge is 2.34. The molecule has 9 heteroatoms. The van der Waals surface area contributed by atoms with Gasteiger partial charge in [0.15, 0.2) is 0 Å². The van der Waals surface area contributed by atoms with Gasteiger partial charge >= 0.3 is 5.97 Å². The van der Waals surface area contributed by atoms with Crippen molar-refractivity contribution in [1.82, 2.24) is 4.90 Å². The van der Waals surface area contributed by atoms with E-state index >= 15 is 0 Å².